The van der Waals surface area contributed by atoms with Crippen molar-refractivity contribution in [1.29, 1.82) is 0 Å². The van der Waals surface area contributed by atoms with Gasteiger partial charge in [0.15, 0.2) is 18.2 Å². The summed E-state index contributed by atoms with van der Waals surface area (Å²) in [5.41, 5.74) is 8.21. The molecule has 0 amide bonds. The van der Waals surface area contributed by atoms with Crippen molar-refractivity contribution in [3.05, 3.63) is 65.9 Å². The number of pyridine rings is 1. The molecule has 4 rings (SSSR count). The van der Waals surface area contributed by atoms with E-state index in [4.69, 9.17) is 10.6 Å². The molecule has 1 fully saturated rings. The summed E-state index contributed by atoms with van der Waals surface area (Å²) in [4.78, 5) is 5.53. The molecule has 0 saturated carbocycles. The number of hydrogen-bond donors (Lipinski definition) is 1. The fraction of sp³-hybridized carbons (Fsp3) is 0.333. The van der Waals surface area contributed by atoms with Gasteiger partial charge in [-0.3, -0.25) is 0 Å². The number of aromatic nitrogens is 2. The van der Waals surface area contributed by atoms with E-state index >= 15 is 0 Å². The molecule has 1 aliphatic heterocycles. The highest BCUT2D eigenvalue weighted by Gasteiger charge is 2.15. The first-order valence-electron chi connectivity index (χ1n) is 9.40. The zero-order chi connectivity index (χ0) is 19.5. The standard InChI is InChI=1S/C21H24FN4OS/c1-25-8-5-20-17(13-25)4-9-26(20)14-16-3-2-15(12-19(16)22)21(23)24-27-18-6-10-28-11-7-18/h2-5,8-9,12-13,18H,6-7,10-11,14H2,1H3,(H2,23,24)/q+1. The van der Waals surface area contributed by atoms with Crippen molar-refractivity contribution in [2.24, 2.45) is 17.9 Å². The van der Waals surface area contributed by atoms with Crippen LogP contribution in [0.25, 0.3) is 10.9 Å². The molecule has 3 heterocycles. The molecule has 0 spiro atoms. The summed E-state index contributed by atoms with van der Waals surface area (Å²) in [6.45, 7) is 0.455. The van der Waals surface area contributed by atoms with Crippen LogP contribution in [0.2, 0.25) is 0 Å². The first-order valence-corrected chi connectivity index (χ1v) is 10.6. The number of nitrogens with zero attached hydrogens (tertiary/aromatic N) is 3. The quantitative estimate of drug-likeness (QED) is 0.310. The van der Waals surface area contributed by atoms with E-state index in [0.29, 0.717) is 17.7 Å². The maximum Gasteiger partial charge on any atom is 0.177 e. The topological polar surface area (TPSA) is 56.4 Å². The number of thioether (sulfide) groups is 1. The van der Waals surface area contributed by atoms with Crippen molar-refractivity contribution in [1.82, 2.24) is 4.57 Å². The van der Waals surface area contributed by atoms with Crippen molar-refractivity contribution >= 4 is 28.5 Å². The summed E-state index contributed by atoms with van der Waals surface area (Å²) in [6.07, 6.45) is 8.06. The highest BCUT2D eigenvalue weighted by atomic mass is 32.2. The molecule has 28 heavy (non-hydrogen) atoms. The molecule has 2 N–H and O–H groups in total. The minimum atomic E-state index is -0.298. The Bertz CT molecular complexity index is 1010. The maximum absolute atomic E-state index is 14.7. The third-order valence-corrected chi connectivity index (χ3v) is 6.06. The van der Waals surface area contributed by atoms with E-state index in [1.807, 2.05) is 58.7 Å². The minimum Gasteiger partial charge on any atom is -0.391 e. The van der Waals surface area contributed by atoms with Crippen LogP contribution in [0.1, 0.15) is 24.0 Å². The molecular weight excluding hydrogens is 375 g/mol. The van der Waals surface area contributed by atoms with Crippen molar-refractivity contribution in [2.75, 3.05) is 11.5 Å². The van der Waals surface area contributed by atoms with E-state index in [1.165, 1.54) is 6.07 Å². The summed E-state index contributed by atoms with van der Waals surface area (Å²) in [6, 6.07) is 9.06. The lowest BCUT2D eigenvalue weighted by molar-refractivity contribution is -0.670. The van der Waals surface area contributed by atoms with Gasteiger partial charge >= 0.3 is 0 Å². The van der Waals surface area contributed by atoms with Gasteiger partial charge in [0.05, 0.1) is 17.4 Å². The van der Waals surface area contributed by atoms with E-state index in [0.717, 1.165) is 35.3 Å². The summed E-state index contributed by atoms with van der Waals surface area (Å²) < 4.78 is 18.7. The first-order chi connectivity index (χ1) is 13.6. The number of rotatable bonds is 5. The molecule has 3 aromatic rings. The molecule has 2 aromatic heterocycles. The SMILES string of the molecule is C[n+]1ccc2c(ccn2Cc2ccc(C(N)=NOC3CCSCC3)cc2F)c1. The molecule has 0 aliphatic carbocycles. The molecule has 7 heteroatoms. The lowest BCUT2D eigenvalue weighted by atomic mass is 10.1. The monoisotopic (exact) mass is 399 g/mol. The van der Waals surface area contributed by atoms with Crippen LogP contribution in [0.4, 0.5) is 4.39 Å². The summed E-state index contributed by atoms with van der Waals surface area (Å²) in [5, 5.41) is 5.15. The molecule has 0 unspecified atom stereocenters. The smallest absolute Gasteiger partial charge is 0.177 e. The van der Waals surface area contributed by atoms with E-state index in [1.54, 1.807) is 12.1 Å². The number of nitrogens with two attached hydrogens (primary N) is 1. The number of hydrogen-bond acceptors (Lipinski definition) is 3. The molecule has 0 atom stereocenters. The van der Waals surface area contributed by atoms with Gasteiger partial charge in [-0.2, -0.15) is 11.8 Å². The fourth-order valence-corrected chi connectivity index (χ4v) is 4.44. The van der Waals surface area contributed by atoms with Crippen LogP contribution in [-0.2, 0) is 18.4 Å². The van der Waals surface area contributed by atoms with Gasteiger partial charge in [-0.1, -0.05) is 17.3 Å². The summed E-state index contributed by atoms with van der Waals surface area (Å²) >= 11 is 1.92. The van der Waals surface area contributed by atoms with Crippen molar-refractivity contribution in [3.8, 4) is 0 Å². The number of benzene rings is 1. The molecule has 1 saturated heterocycles. The molecule has 1 aliphatic rings. The van der Waals surface area contributed by atoms with Crippen LogP contribution in [-0.4, -0.2) is 28.0 Å². The Kier molecular flexibility index (Phi) is 5.52. The maximum atomic E-state index is 14.7. The molecular formula is C21H24FN4OS+. The highest BCUT2D eigenvalue weighted by Crippen LogP contribution is 2.20. The predicted molar refractivity (Wildman–Crippen MR) is 111 cm³/mol. The number of oxime groups is 1. The Morgan fingerprint density at radius 2 is 2.14 bits per heavy atom. The Morgan fingerprint density at radius 3 is 2.93 bits per heavy atom. The van der Waals surface area contributed by atoms with Gasteiger partial charge in [0, 0.05) is 23.4 Å². The third-order valence-electron chi connectivity index (χ3n) is 5.01. The van der Waals surface area contributed by atoms with Gasteiger partial charge in [-0.25, -0.2) is 8.96 Å². The second kappa shape index (κ2) is 8.22. The lowest BCUT2D eigenvalue weighted by Crippen LogP contribution is -2.25. The van der Waals surface area contributed by atoms with Crippen molar-refractivity contribution in [2.45, 2.75) is 25.5 Å². The van der Waals surface area contributed by atoms with Gasteiger partial charge in [-0.15, -0.1) is 0 Å². The van der Waals surface area contributed by atoms with E-state index in [-0.39, 0.29) is 17.8 Å². The Balaban J connectivity index is 1.49. The van der Waals surface area contributed by atoms with Gasteiger partial charge in [0.25, 0.3) is 0 Å². The molecule has 0 radical (unpaired) electrons. The second-order valence-electron chi connectivity index (χ2n) is 7.09. The normalized spacial score (nSPS) is 15.9. The third kappa shape index (κ3) is 4.14. The molecule has 146 valence electrons. The lowest BCUT2D eigenvalue weighted by Gasteiger charge is -2.19. The predicted octanol–water partition coefficient (Wildman–Crippen LogP) is 3.19. The minimum absolute atomic E-state index is 0.104. The van der Waals surface area contributed by atoms with Crippen LogP contribution in [0, 0.1) is 5.82 Å². The highest BCUT2D eigenvalue weighted by molar-refractivity contribution is 7.99. The molecule has 5 nitrogen and oxygen atoms in total. The van der Waals surface area contributed by atoms with E-state index < -0.39 is 0 Å². The Morgan fingerprint density at radius 1 is 1.32 bits per heavy atom. The fourth-order valence-electron chi connectivity index (χ4n) is 3.38. The number of amidine groups is 1. The Hall–Kier alpha value is -2.54. The summed E-state index contributed by atoms with van der Waals surface area (Å²) in [7, 11) is 1.98. The summed E-state index contributed by atoms with van der Waals surface area (Å²) in [5.74, 6) is 2.07. The van der Waals surface area contributed by atoms with Gasteiger partial charge < -0.3 is 15.1 Å². The van der Waals surface area contributed by atoms with E-state index in [2.05, 4.69) is 5.16 Å². The van der Waals surface area contributed by atoms with Crippen LogP contribution in [0.15, 0.2) is 54.1 Å². The number of fused-ring (bicyclic) bond motifs is 1. The average molecular weight is 400 g/mol. The van der Waals surface area contributed by atoms with Crippen LogP contribution < -0.4 is 10.3 Å². The largest absolute Gasteiger partial charge is 0.391 e. The van der Waals surface area contributed by atoms with Gasteiger partial charge in [0.2, 0.25) is 0 Å². The van der Waals surface area contributed by atoms with E-state index in [9.17, 15) is 4.39 Å². The van der Waals surface area contributed by atoms with Gasteiger partial charge in [0.1, 0.15) is 19.0 Å². The van der Waals surface area contributed by atoms with Crippen molar-refractivity contribution < 1.29 is 13.8 Å². The van der Waals surface area contributed by atoms with Gasteiger partial charge in [-0.05, 0) is 36.5 Å². The number of halogens is 1. The number of aryl methyl sites for hydroxylation is 1. The van der Waals surface area contributed by atoms with Crippen LogP contribution in [0.5, 0.6) is 0 Å². The first kappa shape index (κ1) is 18.8. The Labute approximate surface area is 168 Å². The van der Waals surface area contributed by atoms with Crippen molar-refractivity contribution in [3.63, 3.8) is 0 Å². The zero-order valence-electron chi connectivity index (χ0n) is 15.8. The second-order valence-corrected chi connectivity index (χ2v) is 8.32. The molecule has 1 aromatic carbocycles. The zero-order valence-corrected chi connectivity index (χ0v) is 16.7. The van der Waals surface area contributed by atoms with Crippen LogP contribution in [0.3, 0.4) is 0 Å². The molecule has 0 bridgehead atoms. The average Bonchev–Trinajstić information content (AvgIpc) is 3.10. The van der Waals surface area contributed by atoms with Crippen LogP contribution >= 0.6 is 11.8 Å².